The summed E-state index contributed by atoms with van der Waals surface area (Å²) in [5, 5.41) is 0. The van der Waals surface area contributed by atoms with E-state index < -0.39 is 0 Å². The van der Waals surface area contributed by atoms with Gasteiger partial charge in [0.25, 0.3) is 5.91 Å². The molecule has 1 amide bonds. The number of benzene rings is 1. The van der Waals surface area contributed by atoms with E-state index in [0.717, 1.165) is 36.9 Å². The largest absolute Gasteiger partial charge is 0.493 e. The Morgan fingerprint density at radius 1 is 1.29 bits per heavy atom. The first-order valence-electron chi connectivity index (χ1n) is 9.57. The summed E-state index contributed by atoms with van der Waals surface area (Å²) in [6, 6.07) is 3.63. The standard InChI is InChI=1S/C21H29N3O3S/c1-14-18(28-13-23-14)7-9-21(2,22)10-12-24-11-8-15-16(20(24)25)5-6-17(26-3)19(15)27-4/h5-6,13H,7-12,22H2,1-4H3. The summed E-state index contributed by atoms with van der Waals surface area (Å²) < 4.78 is 10.8. The molecule has 2 heterocycles. The van der Waals surface area contributed by atoms with Crippen LogP contribution in [0.15, 0.2) is 17.6 Å². The normalized spacial score (nSPS) is 15.9. The molecule has 152 valence electrons. The van der Waals surface area contributed by atoms with E-state index in [-0.39, 0.29) is 11.4 Å². The van der Waals surface area contributed by atoms with E-state index in [1.54, 1.807) is 31.6 Å². The zero-order chi connectivity index (χ0) is 20.3. The summed E-state index contributed by atoms with van der Waals surface area (Å²) in [6.45, 7) is 5.42. The van der Waals surface area contributed by atoms with Crippen molar-refractivity contribution < 1.29 is 14.3 Å². The van der Waals surface area contributed by atoms with Crippen molar-refractivity contribution in [3.05, 3.63) is 39.3 Å². The van der Waals surface area contributed by atoms with Gasteiger partial charge in [0.05, 0.1) is 25.4 Å². The second-order valence-corrected chi connectivity index (χ2v) is 8.57. The van der Waals surface area contributed by atoms with E-state index in [0.29, 0.717) is 30.2 Å². The number of carbonyl (C=O) groups excluding carboxylic acids is 1. The van der Waals surface area contributed by atoms with Crippen molar-refractivity contribution in [2.75, 3.05) is 27.3 Å². The zero-order valence-corrected chi connectivity index (χ0v) is 17.9. The van der Waals surface area contributed by atoms with Crippen molar-refractivity contribution >= 4 is 17.2 Å². The number of hydrogen-bond donors (Lipinski definition) is 1. The molecule has 1 aromatic carbocycles. The lowest BCUT2D eigenvalue weighted by Crippen LogP contribution is -2.44. The number of hydrogen-bond acceptors (Lipinski definition) is 6. The molecule has 7 heteroatoms. The van der Waals surface area contributed by atoms with Gasteiger partial charge in [-0.2, -0.15) is 0 Å². The van der Waals surface area contributed by atoms with E-state index in [2.05, 4.69) is 11.9 Å². The average molecular weight is 404 g/mol. The third-order valence-electron chi connectivity index (χ3n) is 5.52. The highest BCUT2D eigenvalue weighted by molar-refractivity contribution is 7.09. The minimum absolute atomic E-state index is 0.0382. The molecule has 1 unspecified atom stereocenters. The van der Waals surface area contributed by atoms with Gasteiger partial charge < -0.3 is 20.1 Å². The van der Waals surface area contributed by atoms with Gasteiger partial charge in [-0.3, -0.25) is 4.79 Å². The van der Waals surface area contributed by atoms with Crippen molar-refractivity contribution in [2.45, 2.75) is 45.1 Å². The van der Waals surface area contributed by atoms with Crippen LogP contribution in [0.2, 0.25) is 0 Å². The lowest BCUT2D eigenvalue weighted by Gasteiger charge is -2.33. The molecule has 3 rings (SSSR count). The number of nitrogens with two attached hydrogens (primary N) is 1. The fourth-order valence-electron chi connectivity index (χ4n) is 3.65. The second kappa shape index (κ2) is 8.49. The molecular weight excluding hydrogens is 374 g/mol. The first-order valence-corrected chi connectivity index (χ1v) is 10.4. The molecule has 0 radical (unpaired) electrons. The number of rotatable bonds is 8. The third-order valence-corrected chi connectivity index (χ3v) is 6.51. The Morgan fingerprint density at radius 3 is 2.71 bits per heavy atom. The molecule has 0 spiro atoms. The summed E-state index contributed by atoms with van der Waals surface area (Å²) in [5.41, 5.74) is 10.8. The highest BCUT2D eigenvalue weighted by atomic mass is 32.1. The van der Waals surface area contributed by atoms with E-state index in [1.807, 2.05) is 23.4 Å². The van der Waals surface area contributed by atoms with Crippen LogP contribution < -0.4 is 15.2 Å². The van der Waals surface area contributed by atoms with Crippen molar-refractivity contribution in [1.82, 2.24) is 9.88 Å². The number of fused-ring (bicyclic) bond motifs is 1. The van der Waals surface area contributed by atoms with Gasteiger partial charge >= 0.3 is 0 Å². The van der Waals surface area contributed by atoms with Gasteiger partial charge in [-0.05, 0) is 51.7 Å². The summed E-state index contributed by atoms with van der Waals surface area (Å²) in [5.74, 6) is 1.36. The molecule has 1 aromatic heterocycles. The maximum absolute atomic E-state index is 13.0. The van der Waals surface area contributed by atoms with Gasteiger partial charge in [-0.15, -0.1) is 11.3 Å². The predicted octanol–water partition coefficient (Wildman–Crippen LogP) is 3.21. The van der Waals surface area contributed by atoms with Gasteiger partial charge in [0.15, 0.2) is 11.5 Å². The van der Waals surface area contributed by atoms with Crippen molar-refractivity contribution in [3.63, 3.8) is 0 Å². The SMILES string of the molecule is COc1ccc2c(c1OC)CCN(CCC(C)(N)CCc1scnc1C)C2=O. The van der Waals surface area contributed by atoms with Crippen LogP contribution in [0, 0.1) is 6.92 Å². The lowest BCUT2D eigenvalue weighted by molar-refractivity contribution is 0.0725. The number of ether oxygens (including phenoxy) is 2. The molecule has 0 saturated carbocycles. The topological polar surface area (TPSA) is 77.7 Å². The molecule has 0 aliphatic carbocycles. The number of methoxy groups -OCH3 is 2. The minimum atomic E-state index is -0.325. The molecular formula is C21H29N3O3S. The molecule has 0 bridgehead atoms. The molecule has 0 fully saturated rings. The first kappa shape index (κ1) is 20.6. The highest BCUT2D eigenvalue weighted by Gasteiger charge is 2.30. The molecule has 1 atom stereocenters. The van der Waals surface area contributed by atoms with Crippen LogP contribution in [0.25, 0.3) is 0 Å². The Morgan fingerprint density at radius 2 is 2.07 bits per heavy atom. The zero-order valence-electron chi connectivity index (χ0n) is 17.1. The molecule has 28 heavy (non-hydrogen) atoms. The molecule has 1 aliphatic heterocycles. The predicted molar refractivity (Wildman–Crippen MR) is 112 cm³/mol. The number of carbonyl (C=O) groups is 1. The Kier molecular flexibility index (Phi) is 6.25. The number of nitrogens with zero attached hydrogens (tertiary/aromatic N) is 2. The Hall–Kier alpha value is -2.12. The van der Waals surface area contributed by atoms with Crippen LogP contribution in [0.1, 0.15) is 46.3 Å². The average Bonchev–Trinajstić information content (AvgIpc) is 3.10. The Bertz CT molecular complexity index is 847. The first-order chi connectivity index (χ1) is 13.4. The molecule has 6 nitrogen and oxygen atoms in total. The molecule has 1 aliphatic rings. The lowest BCUT2D eigenvalue weighted by atomic mass is 9.91. The van der Waals surface area contributed by atoms with Crippen LogP contribution in [-0.4, -0.2) is 48.6 Å². The second-order valence-electron chi connectivity index (χ2n) is 7.63. The quantitative estimate of drug-likeness (QED) is 0.732. The van der Waals surface area contributed by atoms with Crippen molar-refractivity contribution in [2.24, 2.45) is 5.73 Å². The summed E-state index contributed by atoms with van der Waals surface area (Å²) in [7, 11) is 3.22. The Balaban J connectivity index is 1.63. The van der Waals surface area contributed by atoms with E-state index in [4.69, 9.17) is 15.2 Å². The van der Waals surface area contributed by atoms with Crippen LogP contribution in [-0.2, 0) is 12.8 Å². The smallest absolute Gasteiger partial charge is 0.254 e. The highest BCUT2D eigenvalue weighted by Crippen LogP contribution is 2.36. The number of aryl methyl sites for hydroxylation is 2. The van der Waals surface area contributed by atoms with Crippen LogP contribution in [0.5, 0.6) is 11.5 Å². The van der Waals surface area contributed by atoms with Gasteiger partial charge in [-0.1, -0.05) is 0 Å². The molecule has 0 saturated heterocycles. The van der Waals surface area contributed by atoms with Crippen LogP contribution in [0.3, 0.4) is 0 Å². The monoisotopic (exact) mass is 403 g/mol. The molecule has 2 N–H and O–H groups in total. The van der Waals surface area contributed by atoms with E-state index >= 15 is 0 Å². The van der Waals surface area contributed by atoms with Crippen molar-refractivity contribution in [1.29, 1.82) is 0 Å². The number of thiazole rings is 1. The van der Waals surface area contributed by atoms with Crippen LogP contribution >= 0.6 is 11.3 Å². The van der Waals surface area contributed by atoms with Gasteiger partial charge in [-0.25, -0.2) is 4.98 Å². The van der Waals surface area contributed by atoms with E-state index in [1.165, 1.54) is 4.88 Å². The minimum Gasteiger partial charge on any atom is -0.493 e. The summed E-state index contributed by atoms with van der Waals surface area (Å²) >= 11 is 1.68. The van der Waals surface area contributed by atoms with Crippen molar-refractivity contribution in [3.8, 4) is 11.5 Å². The van der Waals surface area contributed by atoms with Gasteiger partial charge in [0.1, 0.15) is 0 Å². The maximum Gasteiger partial charge on any atom is 0.254 e. The Labute approximate surface area is 170 Å². The fraction of sp³-hybridized carbons (Fsp3) is 0.524. The third kappa shape index (κ3) is 4.31. The van der Waals surface area contributed by atoms with Gasteiger partial charge in [0.2, 0.25) is 0 Å². The molecule has 2 aromatic rings. The fourth-order valence-corrected chi connectivity index (χ4v) is 4.43. The summed E-state index contributed by atoms with van der Waals surface area (Å²) in [4.78, 5) is 20.5. The maximum atomic E-state index is 13.0. The number of amides is 1. The summed E-state index contributed by atoms with van der Waals surface area (Å²) in [6.07, 6.45) is 3.32. The van der Waals surface area contributed by atoms with E-state index in [9.17, 15) is 4.79 Å². The number of aromatic nitrogens is 1. The van der Waals surface area contributed by atoms with Gasteiger partial charge in [0, 0.05) is 34.6 Å². The van der Waals surface area contributed by atoms with Crippen LogP contribution in [0.4, 0.5) is 0 Å².